The summed E-state index contributed by atoms with van der Waals surface area (Å²) in [5.41, 5.74) is 7.15. The number of aliphatic hydroxyl groups is 1. The molecule has 0 fully saturated rings. The van der Waals surface area contributed by atoms with E-state index in [0.717, 1.165) is 22.6 Å². The van der Waals surface area contributed by atoms with Crippen LogP contribution in [0.25, 0.3) is 11.8 Å². The van der Waals surface area contributed by atoms with Crippen LogP contribution in [0.4, 0.5) is 0 Å². The van der Waals surface area contributed by atoms with Crippen LogP contribution in [0.1, 0.15) is 27.2 Å². The summed E-state index contributed by atoms with van der Waals surface area (Å²) >= 11 is 0. The molecule has 1 unspecified atom stereocenters. The normalized spacial score (nSPS) is 15.5. The molecule has 1 aromatic carbocycles. The molecular formula is C19H32N2O2. The first-order valence-electron chi connectivity index (χ1n) is 8.22. The van der Waals surface area contributed by atoms with E-state index in [0.29, 0.717) is 13.2 Å². The van der Waals surface area contributed by atoms with Crippen molar-refractivity contribution in [3.05, 3.63) is 34.7 Å². The lowest BCUT2D eigenvalue weighted by atomic mass is 9.85. The van der Waals surface area contributed by atoms with Gasteiger partial charge in [0.2, 0.25) is 0 Å². The van der Waals surface area contributed by atoms with Crippen molar-refractivity contribution in [1.29, 1.82) is 0 Å². The van der Waals surface area contributed by atoms with E-state index in [-0.39, 0.29) is 18.1 Å². The predicted molar refractivity (Wildman–Crippen MR) is 97.2 cm³/mol. The molecule has 0 saturated carbocycles. The standard InChI is InChI=1S/C19H32N2O2/c1-6-9-15-10-7-8-11-16(15)17(13-22)21(4)12-18(20)19(2,3)14-23-5/h7-11,18,22H,6,12-14,20H2,1-5H3/b15-9+,17-16-. The maximum absolute atomic E-state index is 9.90. The van der Waals surface area contributed by atoms with E-state index in [4.69, 9.17) is 10.5 Å². The van der Waals surface area contributed by atoms with Crippen molar-refractivity contribution in [2.45, 2.75) is 33.2 Å². The minimum atomic E-state index is -0.126. The third-order valence-corrected chi connectivity index (χ3v) is 4.30. The maximum Gasteiger partial charge on any atom is 0.0835 e. The number of aliphatic hydroxyl groups excluding tert-OH is 1. The van der Waals surface area contributed by atoms with Crippen LogP contribution in [0.15, 0.2) is 24.3 Å². The Kier molecular flexibility index (Phi) is 7.76. The molecule has 0 aliphatic rings. The van der Waals surface area contributed by atoms with Crippen LogP contribution in [-0.2, 0) is 4.74 Å². The van der Waals surface area contributed by atoms with Gasteiger partial charge in [-0.15, -0.1) is 0 Å². The topological polar surface area (TPSA) is 58.7 Å². The summed E-state index contributed by atoms with van der Waals surface area (Å²) in [6.45, 7) is 7.58. The van der Waals surface area contributed by atoms with E-state index in [9.17, 15) is 5.11 Å². The molecule has 4 nitrogen and oxygen atoms in total. The van der Waals surface area contributed by atoms with Crippen molar-refractivity contribution in [2.75, 3.05) is 33.9 Å². The van der Waals surface area contributed by atoms with Crippen LogP contribution >= 0.6 is 0 Å². The summed E-state index contributed by atoms with van der Waals surface area (Å²) in [6.07, 6.45) is 3.13. The second-order valence-corrected chi connectivity index (χ2v) is 6.71. The first-order valence-corrected chi connectivity index (χ1v) is 8.22. The summed E-state index contributed by atoms with van der Waals surface area (Å²) < 4.78 is 5.27. The average molecular weight is 320 g/mol. The molecule has 0 amide bonds. The van der Waals surface area contributed by atoms with Crippen LogP contribution < -0.4 is 16.2 Å². The van der Waals surface area contributed by atoms with Gasteiger partial charge in [0.25, 0.3) is 0 Å². The molecule has 23 heavy (non-hydrogen) atoms. The van der Waals surface area contributed by atoms with Gasteiger partial charge in [0.15, 0.2) is 0 Å². The number of rotatable bonds is 8. The smallest absolute Gasteiger partial charge is 0.0835 e. The number of nitrogens with two attached hydrogens (primary N) is 1. The summed E-state index contributed by atoms with van der Waals surface area (Å²) in [4.78, 5) is 2.06. The average Bonchev–Trinajstić information content (AvgIpc) is 2.49. The van der Waals surface area contributed by atoms with Gasteiger partial charge in [-0.2, -0.15) is 0 Å². The lowest BCUT2D eigenvalue weighted by molar-refractivity contribution is 0.0793. The molecule has 0 heterocycles. The van der Waals surface area contributed by atoms with Gasteiger partial charge in [0.1, 0.15) is 0 Å². The molecule has 0 aliphatic heterocycles. The molecule has 1 rings (SSSR count). The van der Waals surface area contributed by atoms with E-state index >= 15 is 0 Å². The number of nitrogens with zero attached hydrogens (tertiary/aromatic N) is 1. The highest BCUT2D eigenvalue weighted by molar-refractivity contribution is 5.45. The van der Waals surface area contributed by atoms with E-state index in [1.165, 1.54) is 0 Å². The first-order chi connectivity index (χ1) is 10.9. The summed E-state index contributed by atoms with van der Waals surface area (Å²) in [5.74, 6) is 0. The van der Waals surface area contributed by atoms with Crippen molar-refractivity contribution in [2.24, 2.45) is 11.1 Å². The largest absolute Gasteiger partial charge is 0.390 e. The molecule has 0 radical (unpaired) electrons. The fourth-order valence-corrected chi connectivity index (χ4v) is 2.70. The molecule has 0 aromatic heterocycles. The maximum atomic E-state index is 9.90. The second-order valence-electron chi connectivity index (χ2n) is 6.71. The van der Waals surface area contributed by atoms with Gasteiger partial charge < -0.3 is 20.5 Å². The van der Waals surface area contributed by atoms with Gasteiger partial charge in [-0.1, -0.05) is 51.1 Å². The van der Waals surface area contributed by atoms with E-state index in [1.54, 1.807) is 7.11 Å². The van der Waals surface area contributed by atoms with E-state index in [1.807, 2.05) is 19.2 Å². The molecule has 0 spiro atoms. The molecule has 0 aliphatic carbocycles. The number of methoxy groups -OCH3 is 1. The molecule has 0 bridgehead atoms. The summed E-state index contributed by atoms with van der Waals surface area (Å²) in [6, 6.07) is 8.09. The number of likely N-dealkylation sites (N-methyl/N-ethyl adjacent to an activating group) is 1. The fraction of sp³-hybridized carbons (Fsp3) is 0.579. The van der Waals surface area contributed by atoms with Crippen molar-refractivity contribution >= 4 is 11.8 Å². The van der Waals surface area contributed by atoms with Crippen molar-refractivity contribution in [3.63, 3.8) is 0 Å². The third kappa shape index (κ3) is 5.34. The molecular weight excluding hydrogens is 288 g/mol. The molecule has 0 saturated heterocycles. The highest BCUT2D eigenvalue weighted by Crippen LogP contribution is 2.20. The van der Waals surface area contributed by atoms with Gasteiger partial charge >= 0.3 is 0 Å². The zero-order valence-electron chi connectivity index (χ0n) is 15.2. The van der Waals surface area contributed by atoms with Crippen molar-refractivity contribution in [1.82, 2.24) is 4.90 Å². The molecule has 3 N–H and O–H groups in total. The van der Waals surface area contributed by atoms with Gasteiger partial charge in [0, 0.05) is 43.1 Å². The minimum absolute atomic E-state index is 0.0114. The molecule has 4 heteroatoms. The Labute approximate surface area is 140 Å². The van der Waals surface area contributed by atoms with Crippen LogP contribution in [0.5, 0.6) is 0 Å². The molecule has 1 atom stereocenters. The number of hydrogen-bond donors (Lipinski definition) is 2. The number of ether oxygens (including phenoxy) is 1. The summed E-state index contributed by atoms with van der Waals surface area (Å²) in [7, 11) is 3.68. The van der Waals surface area contributed by atoms with Gasteiger partial charge in [0.05, 0.1) is 13.2 Å². The first kappa shape index (κ1) is 19.7. The Bertz CT molecular complexity index is 596. The third-order valence-electron chi connectivity index (χ3n) is 4.30. The number of benzene rings is 1. The van der Waals surface area contributed by atoms with Crippen LogP contribution in [0.3, 0.4) is 0 Å². The highest BCUT2D eigenvalue weighted by atomic mass is 16.5. The van der Waals surface area contributed by atoms with E-state index < -0.39 is 0 Å². The van der Waals surface area contributed by atoms with E-state index in [2.05, 4.69) is 43.9 Å². The molecule has 130 valence electrons. The predicted octanol–water partition coefficient (Wildman–Crippen LogP) is 0.909. The zero-order valence-corrected chi connectivity index (χ0v) is 15.2. The van der Waals surface area contributed by atoms with Crippen LogP contribution in [0, 0.1) is 5.41 Å². The Morgan fingerprint density at radius 3 is 2.61 bits per heavy atom. The van der Waals surface area contributed by atoms with Crippen LogP contribution in [-0.4, -0.2) is 50.0 Å². The van der Waals surface area contributed by atoms with Crippen LogP contribution in [0.2, 0.25) is 0 Å². The number of hydrogen-bond acceptors (Lipinski definition) is 4. The Morgan fingerprint density at radius 1 is 1.39 bits per heavy atom. The zero-order chi connectivity index (χ0) is 17.5. The SMILES string of the molecule is CC/C=c1\cccc\c1=C(/CO)N(C)CC(N)C(C)(C)COC. The lowest BCUT2D eigenvalue weighted by Gasteiger charge is -2.35. The van der Waals surface area contributed by atoms with Gasteiger partial charge in [-0.05, 0) is 11.6 Å². The molecule has 1 aromatic rings. The van der Waals surface area contributed by atoms with Crippen molar-refractivity contribution < 1.29 is 9.84 Å². The Balaban J connectivity index is 3.16. The monoisotopic (exact) mass is 320 g/mol. The quantitative estimate of drug-likeness (QED) is 0.747. The Morgan fingerprint density at radius 2 is 2.04 bits per heavy atom. The van der Waals surface area contributed by atoms with Gasteiger partial charge in [-0.3, -0.25) is 0 Å². The van der Waals surface area contributed by atoms with Crippen molar-refractivity contribution in [3.8, 4) is 0 Å². The second kappa shape index (κ2) is 9.06. The fourth-order valence-electron chi connectivity index (χ4n) is 2.70. The lowest BCUT2D eigenvalue weighted by Crippen LogP contribution is -2.48. The highest BCUT2D eigenvalue weighted by Gasteiger charge is 2.27. The minimum Gasteiger partial charge on any atom is -0.390 e. The van der Waals surface area contributed by atoms with Gasteiger partial charge in [-0.25, -0.2) is 0 Å². The summed E-state index contributed by atoms with van der Waals surface area (Å²) in [5, 5.41) is 12.1. The Hall–Kier alpha value is -1.36.